The Hall–Kier alpha value is -2.88. The zero-order valence-electron chi connectivity index (χ0n) is 12.5. The summed E-state index contributed by atoms with van der Waals surface area (Å²) in [6.07, 6.45) is 4.87. The summed E-state index contributed by atoms with van der Waals surface area (Å²) in [5.74, 6) is 0.719. The van der Waals surface area contributed by atoms with Gasteiger partial charge < -0.3 is 9.72 Å². The third-order valence-electron chi connectivity index (χ3n) is 4.14. The second-order valence-corrected chi connectivity index (χ2v) is 5.76. The predicted molar refractivity (Wildman–Crippen MR) is 86.4 cm³/mol. The Morgan fingerprint density at radius 3 is 2.78 bits per heavy atom. The molecule has 1 unspecified atom stereocenters. The Kier molecular flexibility index (Phi) is 3.42. The van der Waals surface area contributed by atoms with Crippen molar-refractivity contribution in [2.24, 2.45) is 0 Å². The molecule has 1 atom stereocenters. The molecule has 0 saturated heterocycles. The van der Waals surface area contributed by atoms with Crippen molar-refractivity contribution < 1.29 is 9.53 Å². The quantitative estimate of drug-likeness (QED) is 0.597. The number of H-pyrrole nitrogens is 1. The number of hydrogen-bond acceptors (Lipinski definition) is 3. The smallest absolute Gasteiger partial charge is 0.322 e. The van der Waals surface area contributed by atoms with E-state index >= 15 is 0 Å². The van der Waals surface area contributed by atoms with E-state index in [1.54, 1.807) is 12.4 Å². The van der Waals surface area contributed by atoms with Crippen molar-refractivity contribution in [1.29, 1.82) is 0 Å². The number of hydrogen-bond donors (Lipinski definition) is 1. The maximum absolute atomic E-state index is 12.1. The zero-order valence-corrected chi connectivity index (χ0v) is 12.5. The molecule has 0 amide bonds. The van der Waals surface area contributed by atoms with Crippen LogP contribution in [0.3, 0.4) is 0 Å². The van der Waals surface area contributed by atoms with Gasteiger partial charge in [0.05, 0.1) is 0 Å². The number of benzene rings is 2. The van der Waals surface area contributed by atoms with Crippen LogP contribution < -0.4 is 4.74 Å². The summed E-state index contributed by atoms with van der Waals surface area (Å²) in [5.41, 5.74) is 3.54. The highest BCUT2D eigenvalue weighted by molar-refractivity contribution is 5.82. The van der Waals surface area contributed by atoms with E-state index in [-0.39, 0.29) is 11.9 Å². The number of carbonyl (C=O) groups excluding carboxylic acids is 1. The molecule has 4 rings (SSSR count). The van der Waals surface area contributed by atoms with E-state index in [4.69, 9.17) is 4.74 Å². The summed E-state index contributed by atoms with van der Waals surface area (Å²) >= 11 is 0. The first-order valence-electron chi connectivity index (χ1n) is 7.66. The Balaban J connectivity index is 1.61. The Labute approximate surface area is 134 Å². The molecule has 2 heterocycles. The first-order valence-corrected chi connectivity index (χ1v) is 7.66. The summed E-state index contributed by atoms with van der Waals surface area (Å²) in [5, 5.41) is 0. The standard InChI is InChI=1S/C19H16N2O2/c22-19-16(18-20-8-9-21-18)12-15-11-14(6-7-17(15)23-19)10-13-4-2-1-3-5-13/h1-9,11,16H,10,12H2,(H,20,21). The number of imidazole rings is 1. The van der Waals surface area contributed by atoms with Crippen molar-refractivity contribution in [3.05, 3.63) is 83.4 Å². The summed E-state index contributed by atoms with van der Waals surface area (Å²) < 4.78 is 5.47. The van der Waals surface area contributed by atoms with Gasteiger partial charge in [-0.1, -0.05) is 42.5 Å². The average molecular weight is 304 g/mol. The number of esters is 1. The number of rotatable bonds is 3. The van der Waals surface area contributed by atoms with Crippen LogP contribution in [0.2, 0.25) is 0 Å². The van der Waals surface area contributed by atoms with Crippen molar-refractivity contribution in [2.45, 2.75) is 18.8 Å². The first kappa shape index (κ1) is 13.8. The summed E-state index contributed by atoms with van der Waals surface area (Å²) in [4.78, 5) is 19.4. The lowest BCUT2D eigenvalue weighted by Gasteiger charge is -2.22. The maximum atomic E-state index is 12.1. The van der Waals surface area contributed by atoms with Crippen LogP contribution in [0.25, 0.3) is 0 Å². The minimum Gasteiger partial charge on any atom is -0.426 e. The molecule has 4 nitrogen and oxygen atoms in total. The van der Waals surface area contributed by atoms with Crippen molar-refractivity contribution in [2.75, 3.05) is 0 Å². The van der Waals surface area contributed by atoms with Gasteiger partial charge in [0.2, 0.25) is 0 Å². The van der Waals surface area contributed by atoms with Crippen molar-refractivity contribution in [3.63, 3.8) is 0 Å². The molecule has 1 aromatic heterocycles. The molecule has 0 bridgehead atoms. The van der Waals surface area contributed by atoms with Gasteiger partial charge in [0.15, 0.2) is 0 Å². The number of nitrogens with zero attached hydrogens (tertiary/aromatic N) is 1. The maximum Gasteiger partial charge on any atom is 0.322 e. The van der Waals surface area contributed by atoms with Crippen LogP contribution in [-0.2, 0) is 17.6 Å². The van der Waals surface area contributed by atoms with Crippen LogP contribution in [-0.4, -0.2) is 15.9 Å². The molecule has 1 aliphatic rings. The summed E-state index contributed by atoms with van der Waals surface area (Å²) in [6.45, 7) is 0. The van der Waals surface area contributed by atoms with Gasteiger partial charge in [0, 0.05) is 12.4 Å². The van der Waals surface area contributed by atoms with Gasteiger partial charge in [0.1, 0.15) is 17.5 Å². The third kappa shape index (κ3) is 2.75. The minimum absolute atomic E-state index is 0.247. The van der Waals surface area contributed by atoms with Crippen LogP contribution in [0.4, 0.5) is 0 Å². The molecule has 114 valence electrons. The van der Waals surface area contributed by atoms with E-state index in [9.17, 15) is 4.79 Å². The number of fused-ring (bicyclic) bond motifs is 1. The fraction of sp³-hybridized carbons (Fsp3) is 0.158. The minimum atomic E-state index is -0.357. The van der Waals surface area contributed by atoms with Crippen LogP contribution in [0.15, 0.2) is 60.9 Å². The molecule has 0 spiro atoms. The molecule has 0 saturated carbocycles. The molecule has 2 aromatic carbocycles. The number of ether oxygens (including phenoxy) is 1. The molecule has 0 fully saturated rings. The number of carbonyl (C=O) groups is 1. The molecule has 23 heavy (non-hydrogen) atoms. The first-order chi connectivity index (χ1) is 11.3. The summed E-state index contributed by atoms with van der Waals surface area (Å²) in [6, 6.07) is 16.4. The Morgan fingerprint density at radius 1 is 1.13 bits per heavy atom. The van der Waals surface area contributed by atoms with Crippen LogP contribution in [0.5, 0.6) is 5.75 Å². The Bertz CT molecular complexity index is 826. The lowest BCUT2D eigenvalue weighted by atomic mass is 9.93. The van der Waals surface area contributed by atoms with E-state index in [2.05, 4.69) is 28.2 Å². The van der Waals surface area contributed by atoms with Gasteiger partial charge in [-0.15, -0.1) is 0 Å². The molecular weight excluding hydrogens is 288 g/mol. The van der Waals surface area contributed by atoms with Crippen molar-refractivity contribution in [1.82, 2.24) is 9.97 Å². The molecule has 1 N–H and O–H groups in total. The molecule has 1 aliphatic heterocycles. The highest BCUT2D eigenvalue weighted by atomic mass is 16.5. The SMILES string of the molecule is O=C1Oc2ccc(Cc3ccccc3)cc2CC1c1ncc[nH]1. The van der Waals surface area contributed by atoms with E-state index in [1.807, 2.05) is 30.3 Å². The largest absolute Gasteiger partial charge is 0.426 e. The molecule has 0 aliphatic carbocycles. The van der Waals surface area contributed by atoms with Crippen molar-refractivity contribution in [3.8, 4) is 5.75 Å². The topological polar surface area (TPSA) is 55.0 Å². The number of aromatic amines is 1. The van der Waals surface area contributed by atoms with Gasteiger partial charge in [-0.2, -0.15) is 0 Å². The van der Waals surface area contributed by atoms with E-state index in [0.717, 1.165) is 12.0 Å². The second-order valence-electron chi connectivity index (χ2n) is 5.76. The van der Waals surface area contributed by atoms with Gasteiger partial charge in [-0.3, -0.25) is 4.79 Å². The fourth-order valence-electron chi connectivity index (χ4n) is 2.99. The molecule has 3 aromatic rings. The lowest BCUT2D eigenvalue weighted by molar-refractivity contribution is -0.137. The van der Waals surface area contributed by atoms with Crippen LogP contribution in [0, 0.1) is 0 Å². The van der Waals surface area contributed by atoms with Gasteiger partial charge in [-0.25, -0.2) is 4.98 Å². The average Bonchev–Trinajstić information content (AvgIpc) is 3.10. The number of nitrogens with one attached hydrogen (secondary N) is 1. The predicted octanol–water partition coefficient (Wildman–Crippen LogP) is 3.25. The Morgan fingerprint density at radius 2 is 2.00 bits per heavy atom. The monoisotopic (exact) mass is 304 g/mol. The van der Waals surface area contributed by atoms with Gasteiger partial charge in [0.25, 0.3) is 0 Å². The van der Waals surface area contributed by atoms with E-state index in [1.165, 1.54) is 11.1 Å². The van der Waals surface area contributed by atoms with Gasteiger partial charge in [-0.05, 0) is 35.6 Å². The summed E-state index contributed by atoms with van der Waals surface area (Å²) in [7, 11) is 0. The zero-order chi connectivity index (χ0) is 15.6. The molecular formula is C19H16N2O2. The highest BCUT2D eigenvalue weighted by Gasteiger charge is 2.31. The van der Waals surface area contributed by atoms with Crippen LogP contribution >= 0.6 is 0 Å². The van der Waals surface area contributed by atoms with Crippen LogP contribution in [0.1, 0.15) is 28.4 Å². The normalized spacial score (nSPS) is 16.7. The fourth-order valence-corrected chi connectivity index (χ4v) is 2.99. The van der Waals surface area contributed by atoms with E-state index in [0.29, 0.717) is 18.0 Å². The molecule has 4 heteroatoms. The molecule has 0 radical (unpaired) electrons. The number of aromatic nitrogens is 2. The van der Waals surface area contributed by atoms with E-state index < -0.39 is 0 Å². The lowest BCUT2D eigenvalue weighted by Crippen LogP contribution is -2.26. The second kappa shape index (κ2) is 5.72. The third-order valence-corrected chi connectivity index (χ3v) is 4.14. The highest BCUT2D eigenvalue weighted by Crippen LogP contribution is 2.33. The van der Waals surface area contributed by atoms with Gasteiger partial charge >= 0.3 is 5.97 Å². The van der Waals surface area contributed by atoms with Crippen molar-refractivity contribution >= 4 is 5.97 Å².